The molecule has 1 aromatic rings. The molecule has 10 nitrogen and oxygen atoms in total. The number of fused-ring (bicyclic) bond motifs is 1. The first-order valence-electron chi connectivity index (χ1n) is 6.95. The van der Waals surface area contributed by atoms with Gasteiger partial charge in [-0.2, -0.15) is 0 Å². The van der Waals surface area contributed by atoms with Gasteiger partial charge in [-0.25, -0.2) is 4.98 Å². The Bertz CT molecular complexity index is 839. The molecule has 1 fully saturated rings. The number of amides is 2. The van der Waals surface area contributed by atoms with Crippen LogP contribution in [0, 0.1) is 0 Å². The minimum absolute atomic E-state index is 0. The molecule has 2 aliphatic rings. The molecular formula is C13H12N5NaO5S2. The number of nitrogen functional groups attached to an aromatic ring is 1. The number of hydrogen-bond donors (Lipinski definition) is 3. The first kappa shape index (κ1) is 20.7. The van der Waals surface area contributed by atoms with Crippen molar-refractivity contribution in [1.29, 1.82) is 0 Å². The predicted octanol–water partition coefficient (Wildman–Crippen LogP) is -4.67. The van der Waals surface area contributed by atoms with E-state index >= 15 is 0 Å². The molecule has 0 aliphatic carbocycles. The molecule has 2 amide bonds. The molecule has 0 unspecified atom stereocenters. The number of carbonyl (C=O) groups excluding carboxylic acids is 3. The molecule has 1 aromatic heterocycles. The average Bonchev–Trinajstić information content (AvgIpc) is 2.98. The normalized spacial score (nSPS) is 22.3. The molecule has 4 N–H and O–H groups in total. The Morgan fingerprint density at radius 2 is 2.23 bits per heavy atom. The van der Waals surface area contributed by atoms with E-state index in [1.165, 1.54) is 17.1 Å². The van der Waals surface area contributed by atoms with Crippen molar-refractivity contribution in [2.75, 3.05) is 11.5 Å². The fourth-order valence-electron chi connectivity index (χ4n) is 2.58. The first-order chi connectivity index (χ1) is 11.8. The maximum atomic E-state index is 12.3. The standard InChI is InChI=1S/C13H13N5O5S2.Na/c1-4-2-24-11-7(10(20)18(11)8(4)12(21)22)16-9(19)6(17-23)5-3-25-13(14)15-5;/h3,7,11,23H,2H2,1H3,(H2,14,15)(H,16,19)(H,21,22);/q;+1/p-1/b17-6-;/t7-,11-;/m1./s1. The number of nitrogens with zero attached hydrogens (tertiary/aromatic N) is 3. The number of aliphatic carboxylic acids is 1. The van der Waals surface area contributed by atoms with E-state index in [0.717, 1.165) is 16.2 Å². The molecule has 3 heterocycles. The monoisotopic (exact) mass is 405 g/mol. The summed E-state index contributed by atoms with van der Waals surface area (Å²) in [4.78, 5) is 40.8. The number of thiazole rings is 1. The fourth-order valence-corrected chi connectivity index (χ4v) is 4.42. The summed E-state index contributed by atoms with van der Waals surface area (Å²) in [5.74, 6) is -2.42. The number of anilines is 1. The van der Waals surface area contributed by atoms with Gasteiger partial charge in [-0.05, 0) is 12.5 Å². The second-order valence-corrected chi connectivity index (χ2v) is 7.29. The second kappa shape index (κ2) is 7.96. The van der Waals surface area contributed by atoms with Crippen LogP contribution in [0.1, 0.15) is 12.6 Å². The summed E-state index contributed by atoms with van der Waals surface area (Å²) in [6, 6.07) is -0.937. The molecule has 0 bridgehead atoms. The quantitative estimate of drug-likeness (QED) is 0.148. The zero-order valence-corrected chi connectivity index (χ0v) is 17.4. The van der Waals surface area contributed by atoms with Gasteiger partial charge in [-0.15, -0.1) is 23.1 Å². The van der Waals surface area contributed by atoms with Crippen LogP contribution in [0.15, 0.2) is 21.8 Å². The number of carboxylic acid groups (broad SMARTS) is 1. The van der Waals surface area contributed by atoms with Crippen molar-refractivity contribution in [2.45, 2.75) is 18.3 Å². The Morgan fingerprint density at radius 3 is 2.77 bits per heavy atom. The Labute approximate surface area is 177 Å². The summed E-state index contributed by atoms with van der Waals surface area (Å²) in [5, 5.41) is 26.7. The van der Waals surface area contributed by atoms with Gasteiger partial charge in [0.1, 0.15) is 17.1 Å². The van der Waals surface area contributed by atoms with Gasteiger partial charge < -0.3 is 26.2 Å². The number of β-lactam (4-membered cyclic amide) rings is 1. The van der Waals surface area contributed by atoms with E-state index in [-0.39, 0.29) is 51.8 Å². The number of aromatic nitrogens is 1. The van der Waals surface area contributed by atoms with Gasteiger partial charge in [0.2, 0.25) is 0 Å². The summed E-state index contributed by atoms with van der Waals surface area (Å²) in [5.41, 5.74) is 5.54. The Kier molecular flexibility index (Phi) is 6.34. The van der Waals surface area contributed by atoms with Crippen LogP contribution in [0.2, 0.25) is 0 Å². The Hall–Kier alpha value is -1.60. The molecule has 0 radical (unpaired) electrons. The van der Waals surface area contributed by atoms with Crippen LogP contribution in [-0.2, 0) is 14.4 Å². The molecule has 0 spiro atoms. The van der Waals surface area contributed by atoms with Crippen LogP contribution in [0.4, 0.5) is 5.13 Å². The van der Waals surface area contributed by atoms with Crippen LogP contribution < -0.4 is 45.7 Å². The van der Waals surface area contributed by atoms with Crippen LogP contribution >= 0.6 is 23.1 Å². The van der Waals surface area contributed by atoms with Crippen LogP contribution in [0.25, 0.3) is 0 Å². The van der Waals surface area contributed by atoms with Crippen LogP contribution in [0.5, 0.6) is 0 Å². The molecule has 13 heteroatoms. The van der Waals surface area contributed by atoms with Crippen molar-refractivity contribution in [2.24, 2.45) is 5.16 Å². The number of hydrogen-bond acceptors (Lipinski definition) is 10. The number of thioether (sulfide) groups is 1. The van der Waals surface area contributed by atoms with E-state index in [9.17, 15) is 19.5 Å². The average molecular weight is 405 g/mol. The number of carboxylic acids is 1. The van der Waals surface area contributed by atoms with E-state index in [1.54, 1.807) is 6.92 Å². The van der Waals surface area contributed by atoms with Crippen molar-refractivity contribution in [3.8, 4) is 0 Å². The number of oxime groups is 1. The van der Waals surface area contributed by atoms with Gasteiger partial charge in [0.25, 0.3) is 11.8 Å². The Morgan fingerprint density at radius 1 is 1.54 bits per heavy atom. The molecule has 3 rings (SSSR count). The molecular weight excluding hydrogens is 393 g/mol. The van der Waals surface area contributed by atoms with Crippen LogP contribution in [-0.4, -0.2) is 55.8 Å². The van der Waals surface area contributed by atoms with Gasteiger partial charge in [-0.3, -0.25) is 14.5 Å². The van der Waals surface area contributed by atoms with Gasteiger partial charge in [0.05, 0.1) is 11.7 Å². The third-order valence-corrected chi connectivity index (χ3v) is 5.82. The van der Waals surface area contributed by atoms with E-state index in [1.807, 2.05) is 0 Å². The summed E-state index contributed by atoms with van der Waals surface area (Å²) in [6.45, 7) is 1.61. The van der Waals surface area contributed by atoms with E-state index in [2.05, 4.69) is 15.5 Å². The van der Waals surface area contributed by atoms with Gasteiger partial charge in [0, 0.05) is 11.1 Å². The number of carbonyl (C=O) groups is 3. The SMILES string of the molecule is CC1=C(C(=O)[O-])N2C(=O)[C@@H](NC(=O)/C(=N\O)c3csc(N)n3)[C@H]2SC1.[Na+]. The van der Waals surface area contributed by atoms with Crippen molar-refractivity contribution < 1.29 is 54.3 Å². The maximum Gasteiger partial charge on any atom is 1.00 e. The van der Waals surface area contributed by atoms with E-state index in [4.69, 9.17) is 10.9 Å². The Balaban J connectivity index is 0.00000243. The molecule has 0 saturated carbocycles. The van der Waals surface area contributed by atoms with Crippen molar-refractivity contribution in [3.63, 3.8) is 0 Å². The first-order valence-corrected chi connectivity index (χ1v) is 8.88. The summed E-state index contributed by atoms with van der Waals surface area (Å²) in [6.07, 6.45) is 0. The van der Waals surface area contributed by atoms with Gasteiger partial charge in [-0.1, -0.05) is 5.16 Å². The number of nitrogens with two attached hydrogens (primary N) is 1. The third kappa shape index (κ3) is 3.47. The topological polar surface area (TPSA) is 161 Å². The van der Waals surface area contributed by atoms with Crippen LogP contribution in [0.3, 0.4) is 0 Å². The van der Waals surface area contributed by atoms with Gasteiger partial charge in [0.15, 0.2) is 10.8 Å². The molecule has 1 saturated heterocycles. The molecule has 2 atom stereocenters. The van der Waals surface area contributed by atoms with E-state index < -0.39 is 29.2 Å². The summed E-state index contributed by atoms with van der Waals surface area (Å²) in [7, 11) is 0. The maximum absolute atomic E-state index is 12.3. The minimum Gasteiger partial charge on any atom is -0.543 e. The van der Waals surface area contributed by atoms with Crippen molar-refractivity contribution in [3.05, 3.63) is 22.3 Å². The third-order valence-electron chi connectivity index (χ3n) is 3.72. The van der Waals surface area contributed by atoms with Gasteiger partial charge >= 0.3 is 29.6 Å². The minimum atomic E-state index is -1.43. The molecule has 0 aromatic carbocycles. The second-order valence-electron chi connectivity index (χ2n) is 5.30. The number of rotatable bonds is 4. The molecule has 26 heavy (non-hydrogen) atoms. The summed E-state index contributed by atoms with van der Waals surface area (Å²) < 4.78 is 0. The van der Waals surface area contributed by atoms with Crippen molar-refractivity contribution in [1.82, 2.24) is 15.2 Å². The predicted molar refractivity (Wildman–Crippen MR) is 87.6 cm³/mol. The largest absolute Gasteiger partial charge is 1.00 e. The zero-order valence-electron chi connectivity index (χ0n) is 13.8. The zero-order chi connectivity index (χ0) is 18.3. The fraction of sp³-hybridized carbons (Fsp3) is 0.308. The molecule has 132 valence electrons. The number of nitrogens with one attached hydrogen (secondary N) is 1. The molecule has 2 aliphatic heterocycles. The smallest absolute Gasteiger partial charge is 0.543 e. The van der Waals surface area contributed by atoms with E-state index in [0.29, 0.717) is 11.3 Å². The van der Waals surface area contributed by atoms with Crippen molar-refractivity contribution >= 4 is 51.7 Å². The summed E-state index contributed by atoms with van der Waals surface area (Å²) >= 11 is 2.38.